The lowest BCUT2D eigenvalue weighted by atomic mass is 9.80. The van der Waals surface area contributed by atoms with Crippen LogP contribution in [0, 0.1) is 5.92 Å². The molecule has 170 valence electrons. The topological polar surface area (TPSA) is 110 Å². The van der Waals surface area contributed by atoms with Crippen LogP contribution in [0.2, 0.25) is 0 Å². The minimum Gasteiger partial charge on any atom is -0.360 e. The van der Waals surface area contributed by atoms with Crippen LogP contribution in [0.3, 0.4) is 0 Å². The normalized spacial score (nSPS) is 17.3. The highest BCUT2D eigenvalue weighted by atomic mass is 16.5. The third-order valence-corrected chi connectivity index (χ3v) is 6.47. The van der Waals surface area contributed by atoms with E-state index >= 15 is 0 Å². The number of hydrogen-bond acceptors (Lipinski definition) is 6. The molecule has 0 bridgehead atoms. The van der Waals surface area contributed by atoms with Crippen LogP contribution >= 0.6 is 0 Å². The van der Waals surface area contributed by atoms with Gasteiger partial charge in [0.1, 0.15) is 5.76 Å². The maximum Gasteiger partial charge on any atom is 0.273 e. The van der Waals surface area contributed by atoms with Crippen molar-refractivity contribution in [2.45, 2.75) is 56.9 Å². The molecular formula is C25H27N5O3. The number of benzene rings is 1. The number of nitrogens with one attached hydrogen (secondary N) is 2. The molecule has 3 aromatic rings. The molecule has 2 aromatic heterocycles. The third-order valence-electron chi connectivity index (χ3n) is 6.47. The SMILES string of the molecule is O=C(Nc1cccnn1)c1cccc(C(NC(=O)c2cc(C3CC3)on2)C2CCCCC2)c1. The second kappa shape index (κ2) is 9.52. The molecule has 1 unspecified atom stereocenters. The van der Waals surface area contributed by atoms with Crippen LogP contribution in [-0.2, 0) is 0 Å². The molecule has 0 spiro atoms. The van der Waals surface area contributed by atoms with Gasteiger partial charge < -0.3 is 15.2 Å². The van der Waals surface area contributed by atoms with Gasteiger partial charge in [0.05, 0.1) is 6.04 Å². The number of carbonyl (C=O) groups is 2. The number of anilines is 1. The Morgan fingerprint density at radius 1 is 0.970 bits per heavy atom. The molecule has 2 N–H and O–H groups in total. The van der Waals surface area contributed by atoms with E-state index in [9.17, 15) is 9.59 Å². The Kier molecular flexibility index (Phi) is 6.15. The van der Waals surface area contributed by atoms with Gasteiger partial charge >= 0.3 is 0 Å². The molecule has 0 saturated heterocycles. The number of aromatic nitrogens is 3. The van der Waals surface area contributed by atoms with Gasteiger partial charge in [0.25, 0.3) is 11.8 Å². The lowest BCUT2D eigenvalue weighted by molar-refractivity contribution is 0.0903. The van der Waals surface area contributed by atoms with E-state index < -0.39 is 0 Å². The predicted octanol–water partition coefficient (Wildman–Crippen LogP) is 4.65. The average molecular weight is 446 g/mol. The molecule has 2 amide bonds. The standard InChI is InChI=1S/C25H27N5O3/c31-24(27-22-10-5-13-26-29-22)19-9-4-8-18(14-19)23(17-6-2-1-3-7-17)28-25(32)20-15-21(33-30-20)16-11-12-16/h4-5,8-10,13-17,23H,1-3,6-7,11-12H2,(H,28,32)(H,27,29,31). The van der Waals surface area contributed by atoms with E-state index in [0.717, 1.165) is 49.8 Å². The van der Waals surface area contributed by atoms with E-state index in [0.29, 0.717) is 28.9 Å². The van der Waals surface area contributed by atoms with Crippen molar-refractivity contribution in [3.05, 3.63) is 71.2 Å². The second-order valence-corrected chi connectivity index (χ2v) is 8.93. The van der Waals surface area contributed by atoms with E-state index in [1.165, 1.54) is 6.42 Å². The molecule has 1 atom stereocenters. The van der Waals surface area contributed by atoms with Crippen molar-refractivity contribution < 1.29 is 14.1 Å². The van der Waals surface area contributed by atoms with Crippen LogP contribution in [0.15, 0.2) is 53.2 Å². The predicted molar refractivity (Wildman–Crippen MR) is 122 cm³/mol. The Morgan fingerprint density at radius 3 is 2.58 bits per heavy atom. The highest BCUT2D eigenvalue weighted by molar-refractivity contribution is 6.03. The summed E-state index contributed by atoms with van der Waals surface area (Å²) in [4.78, 5) is 25.9. The van der Waals surface area contributed by atoms with Crippen LogP contribution < -0.4 is 10.6 Å². The number of hydrogen-bond donors (Lipinski definition) is 2. The second-order valence-electron chi connectivity index (χ2n) is 8.93. The Bertz CT molecular complexity index is 1120. The van der Waals surface area contributed by atoms with E-state index in [-0.39, 0.29) is 17.9 Å². The summed E-state index contributed by atoms with van der Waals surface area (Å²) < 4.78 is 5.37. The van der Waals surface area contributed by atoms with E-state index in [1.807, 2.05) is 18.2 Å². The molecule has 2 heterocycles. The van der Waals surface area contributed by atoms with Crippen LogP contribution in [0.25, 0.3) is 0 Å². The van der Waals surface area contributed by atoms with Crippen molar-refractivity contribution in [1.82, 2.24) is 20.7 Å². The van der Waals surface area contributed by atoms with Crippen LogP contribution in [0.1, 0.15) is 89.1 Å². The summed E-state index contributed by atoms with van der Waals surface area (Å²) >= 11 is 0. The van der Waals surface area contributed by atoms with Gasteiger partial charge in [-0.15, -0.1) is 5.10 Å². The molecule has 2 fully saturated rings. The van der Waals surface area contributed by atoms with Crippen molar-refractivity contribution in [3.8, 4) is 0 Å². The maximum atomic E-state index is 13.1. The minimum absolute atomic E-state index is 0.205. The van der Waals surface area contributed by atoms with Gasteiger partial charge in [-0.1, -0.05) is 36.6 Å². The van der Waals surface area contributed by atoms with Gasteiger partial charge in [0, 0.05) is 23.7 Å². The van der Waals surface area contributed by atoms with Crippen molar-refractivity contribution in [1.29, 1.82) is 0 Å². The summed E-state index contributed by atoms with van der Waals surface area (Å²) in [6.07, 6.45) is 9.29. The van der Waals surface area contributed by atoms with E-state index in [2.05, 4.69) is 26.0 Å². The molecular weight excluding hydrogens is 418 g/mol. The Balaban J connectivity index is 1.37. The zero-order valence-electron chi connectivity index (χ0n) is 18.4. The summed E-state index contributed by atoms with van der Waals surface area (Å²) in [5.74, 6) is 1.38. The summed E-state index contributed by atoms with van der Waals surface area (Å²) in [6.45, 7) is 0. The molecule has 8 heteroatoms. The molecule has 33 heavy (non-hydrogen) atoms. The fourth-order valence-corrected chi connectivity index (χ4v) is 4.54. The third kappa shape index (κ3) is 5.10. The zero-order chi connectivity index (χ0) is 22.6. The summed E-state index contributed by atoms with van der Waals surface area (Å²) in [6, 6.07) is 12.4. The van der Waals surface area contributed by atoms with E-state index in [4.69, 9.17) is 4.52 Å². The minimum atomic E-state index is -0.267. The number of nitrogens with zero attached hydrogens (tertiary/aromatic N) is 3. The van der Waals surface area contributed by atoms with Crippen LogP contribution in [0.5, 0.6) is 0 Å². The van der Waals surface area contributed by atoms with E-state index in [1.54, 1.807) is 30.5 Å². The molecule has 1 aromatic carbocycles. The molecule has 8 nitrogen and oxygen atoms in total. The smallest absolute Gasteiger partial charge is 0.273 e. The Hall–Kier alpha value is -3.55. The Morgan fingerprint density at radius 2 is 1.82 bits per heavy atom. The zero-order valence-corrected chi connectivity index (χ0v) is 18.4. The van der Waals surface area contributed by atoms with Gasteiger partial charge in [-0.05, 0) is 61.4 Å². The quantitative estimate of drug-likeness (QED) is 0.548. The van der Waals surface area contributed by atoms with Crippen molar-refractivity contribution in [3.63, 3.8) is 0 Å². The molecule has 2 aliphatic carbocycles. The highest BCUT2D eigenvalue weighted by Gasteiger charge is 2.31. The number of carbonyl (C=O) groups excluding carboxylic acids is 2. The fourth-order valence-electron chi connectivity index (χ4n) is 4.54. The summed E-state index contributed by atoms with van der Waals surface area (Å²) in [5, 5.41) is 17.7. The first kappa shape index (κ1) is 21.3. The van der Waals surface area contributed by atoms with Gasteiger partial charge in [-0.2, -0.15) is 5.10 Å². The summed E-state index contributed by atoms with van der Waals surface area (Å²) in [7, 11) is 0. The monoisotopic (exact) mass is 445 g/mol. The van der Waals surface area contributed by atoms with Gasteiger partial charge in [0.15, 0.2) is 11.5 Å². The number of rotatable bonds is 7. The molecule has 2 saturated carbocycles. The molecule has 5 rings (SSSR count). The first-order valence-electron chi connectivity index (χ1n) is 11.6. The lowest BCUT2D eigenvalue weighted by Gasteiger charge is -2.31. The largest absolute Gasteiger partial charge is 0.360 e. The van der Waals surface area contributed by atoms with Gasteiger partial charge in [0.2, 0.25) is 0 Å². The molecule has 0 aliphatic heterocycles. The fraction of sp³-hybridized carbons (Fsp3) is 0.400. The van der Waals surface area contributed by atoms with Crippen molar-refractivity contribution in [2.24, 2.45) is 5.92 Å². The van der Waals surface area contributed by atoms with Gasteiger partial charge in [-0.3, -0.25) is 9.59 Å². The van der Waals surface area contributed by atoms with Crippen LogP contribution in [0.4, 0.5) is 5.82 Å². The van der Waals surface area contributed by atoms with Gasteiger partial charge in [-0.25, -0.2) is 0 Å². The molecule has 0 radical (unpaired) electrons. The first-order chi connectivity index (χ1) is 16.2. The average Bonchev–Trinajstić information content (AvgIpc) is 3.59. The van der Waals surface area contributed by atoms with Crippen LogP contribution in [-0.4, -0.2) is 27.2 Å². The maximum absolute atomic E-state index is 13.1. The lowest BCUT2D eigenvalue weighted by Crippen LogP contribution is -2.34. The summed E-state index contributed by atoms with van der Waals surface area (Å²) in [5.41, 5.74) is 1.73. The number of amides is 2. The van der Waals surface area contributed by atoms with Crippen molar-refractivity contribution in [2.75, 3.05) is 5.32 Å². The highest BCUT2D eigenvalue weighted by Crippen LogP contribution is 2.40. The van der Waals surface area contributed by atoms with Crippen molar-refractivity contribution >= 4 is 17.6 Å². The Labute approximate surface area is 192 Å². The molecule has 2 aliphatic rings. The first-order valence-corrected chi connectivity index (χ1v) is 11.6.